The van der Waals surface area contributed by atoms with Gasteiger partial charge < -0.3 is 13.9 Å². The third kappa shape index (κ3) is 5.76. The van der Waals surface area contributed by atoms with Gasteiger partial charge in [-0.15, -0.1) is 21.5 Å². The molecule has 4 rings (SSSR count). The number of aryl methyl sites for hydroxylation is 1. The van der Waals surface area contributed by atoms with Crippen molar-refractivity contribution in [1.29, 1.82) is 5.26 Å². The van der Waals surface area contributed by atoms with Crippen LogP contribution in [-0.4, -0.2) is 27.2 Å². The summed E-state index contributed by atoms with van der Waals surface area (Å²) in [6.07, 6.45) is 2.14. The molecule has 0 saturated heterocycles. The van der Waals surface area contributed by atoms with E-state index < -0.39 is 0 Å². The van der Waals surface area contributed by atoms with E-state index in [9.17, 15) is 4.79 Å². The molecule has 1 N–H and O–H groups in total. The number of amides is 1. The Labute approximate surface area is 200 Å². The molecule has 0 aliphatic heterocycles. The Hall–Kier alpha value is -4.23. The molecular formula is C24H21N5O4S. The number of hydrogen-bond donors (Lipinski definition) is 1. The number of carbonyl (C=O) groups is 1. The first-order chi connectivity index (χ1) is 16.5. The number of benzene rings is 2. The number of nitrogens with zero attached hydrogens (tertiary/aromatic N) is 4. The van der Waals surface area contributed by atoms with Gasteiger partial charge in [-0.2, -0.15) is 5.26 Å². The first kappa shape index (κ1) is 22.9. The lowest BCUT2D eigenvalue weighted by Crippen LogP contribution is -2.14. The lowest BCUT2D eigenvalue weighted by Gasteiger charge is -2.15. The number of hydrogen-bond acceptors (Lipinski definition) is 9. The highest BCUT2D eigenvalue weighted by atomic mass is 32.1. The Morgan fingerprint density at radius 2 is 1.97 bits per heavy atom. The van der Waals surface area contributed by atoms with Crippen LogP contribution in [0.15, 0.2) is 58.5 Å². The maximum Gasteiger partial charge on any atom is 0.257 e. The molecule has 0 aliphatic rings. The third-order valence-electron chi connectivity index (χ3n) is 4.62. The summed E-state index contributed by atoms with van der Waals surface area (Å²) < 4.78 is 17.4. The van der Waals surface area contributed by atoms with Gasteiger partial charge in [0.1, 0.15) is 23.4 Å². The van der Waals surface area contributed by atoms with Crippen LogP contribution in [0.5, 0.6) is 17.2 Å². The van der Waals surface area contributed by atoms with Crippen LogP contribution in [0.25, 0.3) is 11.5 Å². The van der Waals surface area contributed by atoms with Crippen molar-refractivity contribution in [1.82, 2.24) is 15.2 Å². The minimum Gasteiger partial charge on any atom is -0.489 e. The monoisotopic (exact) mass is 475 g/mol. The number of nitriles is 1. The molecule has 10 heteroatoms. The lowest BCUT2D eigenvalue weighted by atomic mass is 10.1. The van der Waals surface area contributed by atoms with Crippen LogP contribution in [0.2, 0.25) is 0 Å². The molecular weight excluding hydrogens is 454 g/mol. The fraction of sp³-hybridized carbons (Fsp3) is 0.208. The summed E-state index contributed by atoms with van der Waals surface area (Å²) in [6, 6.07) is 14.1. The van der Waals surface area contributed by atoms with E-state index in [-0.39, 0.29) is 18.4 Å². The van der Waals surface area contributed by atoms with Gasteiger partial charge in [0, 0.05) is 35.2 Å². The summed E-state index contributed by atoms with van der Waals surface area (Å²) in [5.74, 6) is 2.03. The Bertz CT molecular complexity index is 1300. The molecule has 2 aromatic carbocycles. The van der Waals surface area contributed by atoms with E-state index in [0.717, 1.165) is 5.56 Å². The van der Waals surface area contributed by atoms with Gasteiger partial charge >= 0.3 is 0 Å². The van der Waals surface area contributed by atoms with E-state index in [2.05, 4.69) is 26.6 Å². The van der Waals surface area contributed by atoms with Gasteiger partial charge in [0.15, 0.2) is 5.13 Å². The van der Waals surface area contributed by atoms with Crippen molar-refractivity contribution in [3.8, 4) is 34.8 Å². The maximum atomic E-state index is 12.8. The molecule has 2 aromatic heterocycles. The normalized spacial score (nSPS) is 11.4. The molecule has 2 heterocycles. The fourth-order valence-corrected chi connectivity index (χ4v) is 3.53. The Morgan fingerprint density at radius 1 is 1.18 bits per heavy atom. The molecule has 172 valence electrons. The zero-order valence-electron chi connectivity index (χ0n) is 18.5. The van der Waals surface area contributed by atoms with Crippen molar-refractivity contribution < 1.29 is 18.7 Å². The van der Waals surface area contributed by atoms with Gasteiger partial charge in [0.2, 0.25) is 11.8 Å². The predicted octanol–water partition coefficient (Wildman–Crippen LogP) is 5.48. The third-order valence-corrected chi connectivity index (χ3v) is 5.31. The standard InChI is InChI=1S/C24H21N5O4S/c1-3-21-28-29-23(33-21)16-4-6-18(7-5-16)32-20-13-17(22(30)27-24-26-10-11-34-24)12-19(14-20)31-15(2)8-9-25/h4-7,10-15H,3,8H2,1-2H3,(H,26,27,30). The number of ether oxygens (including phenoxy) is 2. The average molecular weight is 476 g/mol. The number of aromatic nitrogens is 3. The van der Waals surface area contributed by atoms with Gasteiger partial charge in [-0.05, 0) is 43.3 Å². The first-order valence-electron chi connectivity index (χ1n) is 10.5. The van der Waals surface area contributed by atoms with Crippen molar-refractivity contribution >= 4 is 22.4 Å². The highest BCUT2D eigenvalue weighted by molar-refractivity contribution is 7.13. The highest BCUT2D eigenvalue weighted by Crippen LogP contribution is 2.30. The van der Waals surface area contributed by atoms with Gasteiger partial charge in [-0.3, -0.25) is 10.1 Å². The molecule has 1 amide bonds. The van der Waals surface area contributed by atoms with Crippen molar-refractivity contribution in [2.45, 2.75) is 32.8 Å². The van der Waals surface area contributed by atoms with E-state index in [4.69, 9.17) is 19.2 Å². The summed E-state index contributed by atoms with van der Waals surface area (Å²) in [4.78, 5) is 16.9. The van der Waals surface area contributed by atoms with Crippen LogP contribution in [0.4, 0.5) is 5.13 Å². The van der Waals surface area contributed by atoms with Crippen LogP contribution in [0.1, 0.15) is 36.5 Å². The van der Waals surface area contributed by atoms with E-state index in [1.165, 1.54) is 11.3 Å². The second kappa shape index (κ2) is 10.6. The second-order valence-electron chi connectivity index (χ2n) is 7.26. The van der Waals surface area contributed by atoms with Crippen LogP contribution < -0.4 is 14.8 Å². The summed E-state index contributed by atoms with van der Waals surface area (Å²) in [6.45, 7) is 3.73. The molecule has 1 atom stereocenters. The van der Waals surface area contributed by atoms with E-state index in [1.54, 1.807) is 48.8 Å². The van der Waals surface area contributed by atoms with E-state index in [1.807, 2.05) is 19.1 Å². The van der Waals surface area contributed by atoms with E-state index >= 15 is 0 Å². The number of thiazole rings is 1. The van der Waals surface area contributed by atoms with E-state index in [0.29, 0.717) is 46.1 Å². The average Bonchev–Trinajstić information content (AvgIpc) is 3.52. The fourth-order valence-electron chi connectivity index (χ4n) is 3.00. The van der Waals surface area contributed by atoms with Crippen molar-refractivity contribution in [3.63, 3.8) is 0 Å². The zero-order valence-corrected chi connectivity index (χ0v) is 19.3. The SMILES string of the molecule is CCc1nnc(-c2ccc(Oc3cc(OC(C)CC#N)cc(C(=O)Nc4nccs4)c3)cc2)o1. The van der Waals surface area contributed by atoms with Crippen molar-refractivity contribution in [2.24, 2.45) is 0 Å². The zero-order chi connectivity index (χ0) is 23.9. The van der Waals surface area contributed by atoms with Crippen LogP contribution in [-0.2, 0) is 6.42 Å². The molecule has 0 bridgehead atoms. The topological polar surface area (TPSA) is 123 Å². The summed E-state index contributed by atoms with van der Waals surface area (Å²) in [5, 5.41) is 22.0. The lowest BCUT2D eigenvalue weighted by molar-refractivity contribution is 0.102. The summed E-state index contributed by atoms with van der Waals surface area (Å²) in [7, 11) is 0. The Kier molecular flexibility index (Phi) is 7.15. The van der Waals surface area contributed by atoms with Gasteiger partial charge in [0.25, 0.3) is 5.91 Å². The minimum atomic E-state index is -0.350. The Morgan fingerprint density at radius 3 is 2.65 bits per heavy atom. The van der Waals surface area contributed by atoms with Gasteiger partial charge in [-0.1, -0.05) is 6.92 Å². The Balaban J connectivity index is 1.56. The van der Waals surface area contributed by atoms with Crippen molar-refractivity contribution in [3.05, 3.63) is 65.5 Å². The van der Waals surface area contributed by atoms with Gasteiger partial charge in [-0.25, -0.2) is 4.98 Å². The smallest absolute Gasteiger partial charge is 0.257 e. The van der Waals surface area contributed by atoms with Crippen molar-refractivity contribution in [2.75, 3.05) is 5.32 Å². The second-order valence-corrected chi connectivity index (χ2v) is 8.15. The first-order valence-corrected chi connectivity index (χ1v) is 11.4. The number of rotatable bonds is 9. The number of anilines is 1. The minimum absolute atomic E-state index is 0.211. The summed E-state index contributed by atoms with van der Waals surface area (Å²) >= 11 is 1.32. The molecule has 0 radical (unpaired) electrons. The molecule has 0 spiro atoms. The highest BCUT2D eigenvalue weighted by Gasteiger charge is 2.14. The summed E-state index contributed by atoms with van der Waals surface area (Å²) in [5.41, 5.74) is 1.10. The van der Waals surface area contributed by atoms with Crippen LogP contribution in [0, 0.1) is 11.3 Å². The number of nitrogens with one attached hydrogen (secondary N) is 1. The molecule has 0 fully saturated rings. The molecule has 9 nitrogen and oxygen atoms in total. The largest absolute Gasteiger partial charge is 0.489 e. The molecule has 34 heavy (non-hydrogen) atoms. The van der Waals surface area contributed by atoms with Crippen LogP contribution >= 0.6 is 11.3 Å². The molecule has 4 aromatic rings. The maximum absolute atomic E-state index is 12.8. The van der Waals surface area contributed by atoms with Crippen LogP contribution in [0.3, 0.4) is 0 Å². The molecule has 1 unspecified atom stereocenters. The predicted molar refractivity (Wildman–Crippen MR) is 126 cm³/mol. The molecule has 0 aliphatic carbocycles. The molecule has 0 saturated carbocycles. The number of carbonyl (C=O) groups excluding carboxylic acids is 1. The van der Waals surface area contributed by atoms with Gasteiger partial charge in [0.05, 0.1) is 12.5 Å². The quantitative estimate of drug-likeness (QED) is 0.337.